The number of aliphatic hydroxyl groups excluding tert-OH is 1. The number of hydrogen-bond donors (Lipinski definition) is 2. The first-order valence-electron chi connectivity index (χ1n) is 11.3. The Bertz CT molecular complexity index is 1210. The summed E-state index contributed by atoms with van der Waals surface area (Å²) in [6.45, 7) is 1.27. The molecule has 6 rings (SSSR count). The molecular formula is C24H25ClN4O3S. The Hall–Kier alpha value is -2.42. The molecule has 0 amide bonds. The summed E-state index contributed by atoms with van der Waals surface area (Å²) in [5.74, 6) is 3.59. The monoisotopic (exact) mass is 484 g/mol. The minimum atomic E-state index is -1.12. The Morgan fingerprint density at radius 3 is 2.70 bits per heavy atom. The third kappa shape index (κ3) is 3.74. The SMILES string of the molecule is O=[S@]1CCCc2nc(N3Cc4cc(-c5ccc(Cl)cc5)oc4C3)nc(NC3(CO)CCC3)c21. The van der Waals surface area contributed by atoms with E-state index in [1.165, 1.54) is 0 Å². The quantitative estimate of drug-likeness (QED) is 0.558. The molecule has 2 aromatic heterocycles. The highest BCUT2D eigenvalue weighted by atomic mass is 35.5. The van der Waals surface area contributed by atoms with Gasteiger partial charge in [0, 0.05) is 28.4 Å². The van der Waals surface area contributed by atoms with Gasteiger partial charge in [-0.05, 0) is 62.4 Å². The summed E-state index contributed by atoms with van der Waals surface area (Å²) in [7, 11) is -1.12. The van der Waals surface area contributed by atoms with Gasteiger partial charge in [0.05, 0.1) is 35.2 Å². The zero-order chi connectivity index (χ0) is 22.6. The van der Waals surface area contributed by atoms with E-state index in [1.807, 2.05) is 24.3 Å². The van der Waals surface area contributed by atoms with Gasteiger partial charge in [-0.15, -0.1) is 0 Å². The maximum Gasteiger partial charge on any atom is 0.228 e. The van der Waals surface area contributed by atoms with Gasteiger partial charge in [-0.1, -0.05) is 11.6 Å². The van der Waals surface area contributed by atoms with Gasteiger partial charge in [-0.3, -0.25) is 4.21 Å². The number of halogens is 1. The number of nitrogens with one attached hydrogen (secondary N) is 1. The van der Waals surface area contributed by atoms with E-state index in [1.54, 1.807) is 0 Å². The summed E-state index contributed by atoms with van der Waals surface area (Å²) in [4.78, 5) is 12.5. The molecule has 0 saturated heterocycles. The molecule has 0 spiro atoms. The lowest BCUT2D eigenvalue weighted by molar-refractivity contribution is 0.143. The summed E-state index contributed by atoms with van der Waals surface area (Å²) >= 11 is 6.01. The van der Waals surface area contributed by atoms with Crippen molar-refractivity contribution in [2.75, 3.05) is 22.6 Å². The number of nitrogens with zero attached hydrogens (tertiary/aromatic N) is 3. The van der Waals surface area contributed by atoms with Crippen LogP contribution in [0.15, 0.2) is 39.6 Å². The number of anilines is 2. The first-order chi connectivity index (χ1) is 16.0. The molecule has 2 aliphatic heterocycles. The highest BCUT2D eigenvalue weighted by molar-refractivity contribution is 7.85. The number of fused-ring (bicyclic) bond motifs is 2. The smallest absolute Gasteiger partial charge is 0.228 e. The minimum Gasteiger partial charge on any atom is -0.459 e. The molecule has 1 fully saturated rings. The van der Waals surface area contributed by atoms with E-state index in [-0.39, 0.29) is 12.1 Å². The van der Waals surface area contributed by atoms with Crippen molar-refractivity contribution in [3.05, 3.63) is 52.4 Å². The second-order valence-electron chi connectivity index (χ2n) is 9.14. The zero-order valence-electron chi connectivity index (χ0n) is 18.1. The molecule has 0 radical (unpaired) electrons. The molecule has 1 saturated carbocycles. The average molecular weight is 485 g/mol. The number of hydrogen-bond acceptors (Lipinski definition) is 7. The average Bonchev–Trinajstić information content (AvgIpc) is 3.36. The van der Waals surface area contributed by atoms with Crippen molar-refractivity contribution in [3.8, 4) is 11.3 Å². The fourth-order valence-electron chi connectivity index (χ4n) is 4.84. The van der Waals surface area contributed by atoms with Crippen LogP contribution < -0.4 is 10.2 Å². The van der Waals surface area contributed by atoms with Crippen LogP contribution in [0.25, 0.3) is 11.3 Å². The normalized spacial score (nSPS) is 20.8. The standard InChI is InChI=1S/C24H25ClN4O3S/c25-17-6-4-15(5-7-17)19-11-16-12-29(13-20(16)32-19)23-26-18-3-1-10-33(31)21(18)22(27-23)28-24(14-30)8-2-9-24/h4-7,11,30H,1-3,8-10,12-14H2,(H,26,27,28)/t33-/m0/s1. The molecule has 0 unspecified atom stereocenters. The fourth-order valence-corrected chi connectivity index (χ4v) is 6.30. The van der Waals surface area contributed by atoms with Gasteiger partial charge in [0.25, 0.3) is 0 Å². The van der Waals surface area contributed by atoms with E-state index in [4.69, 9.17) is 26.0 Å². The van der Waals surface area contributed by atoms with Crippen LogP contribution in [0.5, 0.6) is 0 Å². The van der Waals surface area contributed by atoms with Crippen molar-refractivity contribution in [3.63, 3.8) is 0 Å². The van der Waals surface area contributed by atoms with Gasteiger partial charge >= 0.3 is 0 Å². The molecule has 0 bridgehead atoms. The van der Waals surface area contributed by atoms with Gasteiger partial charge in [-0.2, -0.15) is 4.98 Å². The Balaban J connectivity index is 1.30. The van der Waals surface area contributed by atoms with E-state index >= 15 is 0 Å². The third-order valence-electron chi connectivity index (χ3n) is 6.90. The van der Waals surface area contributed by atoms with E-state index < -0.39 is 10.8 Å². The van der Waals surface area contributed by atoms with Gasteiger partial charge in [0.1, 0.15) is 22.2 Å². The molecule has 172 valence electrons. The van der Waals surface area contributed by atoms with Crippen LogP contribution in [0.1, 0.15) is 42.7 Å². The van der Waals surface area contributed by atoms with E-state index in [0.717, 1.165) is 60.4 Å². The highest BCUT2D eigenvalue weighted by Crippen LogP contribution is 2.39. The molecule has 9 heteroatoms. The first kappa shape index (κ1) is 21.1. The Morgan fingerprint density at radius 2 is 2.00 bits per heavy atom. The van der Waals surface area contributed by atoms with Crippen molar-refractivity contribution in [1.29, 1.82) is 0 Å². The molecule has 1 aromatic carbocycles. The van der Waals surface area contributed by atoms with Crippen LogP contribution >= 0.6 is 11.6 Å². The van der Waals surface area contributed by atoms with Crippen LogP contribution in [0, 0.1) is 0 Å². The van der Waals surface area contributed by atoms with Crippen molar-refractivity contribution >= 4 is 34.2 Å². The number of aromatic nitrogens is 2. The second kappa shape index (κ2) is 8.11. The van der Waals surface area contributed by atoms with Crippen molar-refractivity contribution < 1.29 is 13.7 Å². The summed E-state index contributed by atoms with van der Waals surface area (Å²) in [6, 6.07) is 9.70. The molecule has 2 N–H and O–H groups in total. The van der Waals surface area contributed by atoms with Crippen molar-refractivity contribution in [2.45, 2.75) is 55.6 Å². The number of aliphatic hydroxyl groups is 1. The summed E-state index contributed by atoms with van der Waals surface area (Å²) in [5, 5.41) is 14.1. The summed E-state index contributed by atoms with van der Waals surface area (Å²) < 4.78 is 19.0. The lowest BCUT2D eigenvalue weighted by atomic mass is 9.77. The maximum atomic E-state index is 12.8. The molecule has 1 aliphatic carbocycles. The number of furan rings is 1. The van der Waals surface area contributed by atoms with Crippen molar-refractivity contribution in [1.82, 2.24) is 9.97 Å². The fraction of sp³-hybridized carbons (Fsp3) is 0.417. The predicted octanol–water partition coefficient (Wildman–Crippen LogP) is 4.29. The Kier molecular flexibility index (Phi) is 5.19. The maximum absolute atomic E-state index is 12.8. The molecule has 3 aliphatic rings. The Morgan fingerprint density at radius 1 is 1.18 bits per heavy atom. The summed E-state index contributed by atoms with van der Waals surface area (Å²) in [5.41, 5.74) is 2.59. The lowest BCUT2D eigenvalue weighted by Crippen LogP contribution is -2.49. The highest BCUT2D eigenvalue weighted by Gasteiger charge is 2.39. The van der Waals surface area contributed by atoms with Crippen LogP contribution in [0.2, 0.25) is 5.02 Å². The topological polar surface area (TPSA) is 91.5 Å². The largest absolute Gasteiger partial charge is 0.459 e. The zero-order valence-corrected chi connectivity index (χ0v) is 19.7. The minimum absolute atomic E-state index is 0.0411. The molecule has 3 aromatic rings. The molecule has 7 nitrogen and oxygen atoms in total. The molecule has 1 atom stereocenters. The van der Waals surface area contributed by atoms with Gasteiger partial charge < -0.3 is 19.7 Å². The second-order valence-corrected chi connectivity index (χ2v) is 11.1. The van der Waals surface area contributed by atoms with E-state index in [2.05, 4.69) is 16.3 Å². The molecule has 4 heterocycles. The van der Waals surface area contributed by atoms with Crippen LogP contribution in [0.3, 0.4) is 0 Å². The first-order valence-corrected chi connectivity index (χ1v) is 13.0. The van der Waals surface area contributed by atoms with Gasteiger partial charge in [-0.25, -0.2) is 4.98 Å². The number of aryl methyl sites for hydroxylation is 1. The van der Waals surface area contributed by atoms with Crippen molar-refractivity contribution in [2.24, 2.45) is 0 Å². The van der Waals surface area contributed by atoms with Gasteiger partial charge in [0.15, 0.2) is 0 Å². The third-order valence-corrected chi connectivity index (χ3v) is 8.69. The number of rotatable bonds is 5. The molecule has 33 heavy (non-hydrogen) atoms. The lowest BCUT2D eigenvalue weighted by Gasteiger charge is -2.42. The van der Waals surface area contributed by atoms with Crippen LogP contribution in [0.4, 0.5) is 11.8 Å². The van der Waals surface area contributed by atoms with E-state index in [0.29, 0.717) is 40.5 Å². The van der Waals surface area contributed by atoms with E-state index in [9.17, 15) is 9.32 Å². The van der Waals surface area contributed by atoms with Gasteiger partial charge in [0.2, 0.25) is 5.95 Å². The summed E-state index contributed by atoms with van der Waals surface area (Å²) in [6.07, 6.45) is 4.48. The van der Waals surface area contributed by atoms with Crippen LogP contribution in [-0.2, 0) is 30.3 Å². The molecular weight excluding hydrogens is 460 g/mol. The number of benzene rings is 1. The Labute approximate surface area is 199 Å². The predicted molar refractivity (Wildman–Crippen MR) is 128 cm³/mol. The van der Waals surface area contributed by atoms with Crippen LogP contribution in [-0.4, -0.2) is 37.2 Å².